The fourth-order valence-electron chi connectivity index (χ4n) is 2.33. The minimum absolute atomic E-state index is 0.347. The Kier molecular flexibility index (Phi) is 3.27. The lowest BCUT2D eigenvalue weighted by Crippen LogP contribution is -2.26. The summed E-state index contributed by atoms with van der Waals surface area (Å²) >= 11 is 0. The SMILES string of the molecule is C#CC1(O)CCCC(C(C)(C)C)CC1. The third kappa shape index (κ3) is 2.75. The first-order valence-electron chi connectivity index (χ1n) is 5.57. The first kappa shape index (κ1) is 11.6. The van der Waals surface area contributed by atoms with Crippen molar-refractivity contribution in [2.75, 3.05) is 0 Å². The molecule has 0 bridgehead atoms. The van der Waals surface area contributed by atoms with Crippen LogP contribution in [0.2, 0.25) is 0 Å². The highest BCUT2D eigenvalue weighted by Gasteiger charge is 2.33. The Morgan fingerprint density at radius 1 is 1.29 bits per heavy atom. The van der Waals surface area contributed by atoms with Gasteiger partial charge in [0.05, 0.1) is 0 Å². The average Bonchev–Trinajstić information content (AvgIpc) is 2.27. The molecule has 1 nitrogen and oxygen atoms in total. The molecule has 1 aliphatic rings. The summed E-state index contributed by atoms with van der Waals surface area (Å²) in [6.45, 7) is 6.83. The van der Waals surface area contributed by atoms with Gasteiger partial charge in [-0.15, -0.1) is 6.42 Å². The zero-order valence-electron chi connectivity index (χ0n) is 9.64. The normalized spacial score (nSPS) is 34.6. The molecule has 2 unspecified atom stereocenters. The summed E-state index contributed by atoms with van der Waals surface area (Å²) < 4.78 is 0. The molecule has 0 aromatic heterocycles. The Morgan fingerprint density at radius 2 is 1.93 bits per heavy atom. The summed E-state index contributed by atoms with van der Waals surface area (Å²) in [5.41, 5.74) is -0.472. The number of aliphatic hydroxyl groups is 1. The van der Waals surface area contributed by atoms with Gasteiger partial charge in [-0.3, -0.25) is 0 Å². The van der Waals surface area contributed by atoms with Crippen molar-refractivity contribution in [2.24, 2.45) is 11.3 Å². The Hall–Kier alpha value is -0.480. The van der Waals surface area contributed by atoms with Crippen LogP contribution in [0.5, 0.6) is 0 Å². The molecule has 0 heterocycles. The van der Waals surface area contributed by atoms with Crippen LogP contribution in [-0.4, -0.2) is 10.7 Å². The largest absolute Gasteiger partial charge is 0.378 e. The van der Waals surface area contributed by atoms with E-state index in [4.69, 9.17) is 6.42 Å². The first-order chi connectivity index (χ1) is 6.37. The summed E-state index contributed by atoms with van der Waals surface area (Å²) in [7, 11) is 0. The topological polar surface area (TPSA) is 20.2 Å². The smallest absolute Gasteiger partial charge is 0.125 e. The van der Waals surface area contributed by atoms with Gasteiger partial charge in [-0.1, -0.05) is 26.7 Å². The van der Waals surface area contributed by atoms with Crippen LogP contribution in [0, 0.1) is 23.7 Å². The highest BCUT2D eigenvalue weighted by Crippen LogP contribution is 2.39. The molecule has 0 saturated heterocycles. The molecule has 1 aliphatic carbocycles. The Morgan fingerprint density at radius 3 is 2.43 bits per heavy atom. The molecule has 80 valence electrons. The van der Waals surface area contributed by atoms with E-state index in [-0.39, 0.29) is 0 Å². The van der Waals surface area contributed by atoms with Gasteiger partial charge < -0.3 is 5.11 Å². The van der Waals surface area contributed by atoms with Crippen molar-refractivity contribution in [3.05, 3.63) is 0 Å². The third-order valence-corrected chi connectivity index (χ3v) is 3.54. The summed E-state index contributed by atoms with van der Waals surface area (Å²) in [5, 5.41) is 10.0. The lowest BCUT2D eigenvalue weighted by Gasteiger charge is -2.30. The zero-order chi connectivity index (χ0) is 10.8. The second-order valence-electron chi connectivity index (χ2n) is 5.67. The van der Waals surface area contributed by atoms with Crippen molar-refractivity contribution >= 4 is 0 Å². The van der Waals surface area contributed by atoms with E-state index in [2.05, 4.69) is 26.7 Å². The molecule has 1 heteroatoms. The van der Waals surface area contributed by atoms with Gasteiger partial charge in [0.15, 0.2) is 0 Å². The molecule has 0 radical (unpaired) electrons. The number of terminal acetylenes is 1. The standard InChI is InChI=1S/C13H22O/c1-5-13(14)9-6-7-11(8-10-13)12(2,3)4/h1,11,14H,6-10H2,2-4H3. The van der Waals surface area contributed by atoms with Crippen LogP contribution in [0.4, 0.5) is 0 Å². The lowest BCUT2D eigenvalue weighted by atomic mass is 9.76. The molecule has 14 heavy (non-hydrogen) atoms. The average molecular weight is 194 g/mol. The molecule has 2 atom stereocenters. The van der Waals surface area contributed by atoms with Crippen molar-refractivity contribution in [3.8, 4) is 12.3 Å². The van der Waals surface area contributed by atoms with E-state index in [0.29, 0.717) is 11.3 Å². The van der Waals surface area contributed by atoms with Gasteiger partial charge in [-0.25, -0.2) is 0 Å². The predicted octanol–water partition coefficient (Wildman–Crippen LogP) is 2.98. The van der Waals surface area contributed by atoms with Crippen LogP contribution >= 0.6 is 0 Å². The molecule has 1 fully saturated rings. The van der Waals surface area contributed by atoms with E-state index in [1.807, 2.05) is 0 Å². The van der Waals surface area contributed by atoms with E-state index in [1.54, 1.807) is 0 Å². The predicted molar refractivity (Wildman–Crippen MR) is 59.8 cm³/mol. The zero-order valence-corrected chi connectivity index (χ0v) is 9.64. The van der Waals surface area contributed by atoms with Gasteiger partial charge >= 0.3 is 0 Å². The third-order valence-electron chi connectivity index (χ3n) is 3.54. The van der Waals surface area contributed by atoms with Crippen molar-refractivity contribution < 1.29 is 5.11 Å². The van der Waals surface area contributed by atoms with Gasteiger partial charge in [-0.05, 0) is 43.4 Å². The van der Waals surface area contributed by atoms with Crippen LogP contribution in [-0.2, 0) is 0 Å². The second-order valence-corrected chi connectivity index (χ2v) is 5.67. The van der Waals surface area contributed by atoms with Crippen molar-refractivity contribution in [1.29, 1.82) is 0 Å². The van der Waals surface area contributed by atoms with Crippen LogP contribution in [0.25, 0.3) is 0 Å². The molecular weight excluding hydrogens is 172 g/mol. The highest BCUT2D eigenvalue weighted by molar-refractivity contribution is 5.08. The van der Waals surface area contributed by atoms with Crippen LogP contribution in [0.15, 0.2) is 0 Å². The molecule has 0 aliphatic heterocycles. The van der Waals surface area contributed by atoms with Gasteiger partial charge in [0, 0.05) is 0 Å². The van der Waals surface area contributed by atoms with Crippen LogP contribution < -0.4 is 0 Å². The van der Waals surface area contributed by atoms with Crippen LogP contribution in [0.1, 0.15) is 52.9 Å². The summed E-state index contributed by atoms with van der Waals surface area (Å²) in [6.07, 6.45) is 10.2. The minimum Gasteiger partial charge on any atom is -0.378 e. The Labute approximate surface area is 87.9 Å². The molecule has 0 amide bonds. The maximum Gasteiger partial charge on any atom is 0.125 e. The van der Waals surface area contributed by atoms with E-state index in [0.717, 1.165) is 25.7 Å². The number of rotatable bonds is 0. The quantitative estimate of drug-likeness (QED) is 0.464. The van der Waals surface area contributed by atoms with E-state index >= 15 is 0 Å². The van der Waals surface area contributed by atoms with Crippen molar-refractivity contribution in [2.45, 2.75) is 58.5 Å². The van der Waals surface area contributed by atoms with Crippen LogP contribution in [0.3, 0.4) is 0 Å². The van der Waals surface area contributed by atoms with Gasteiger partial charge in [0.2, 0.25) is 0 Å². The van der Waals surface area contributed by atoms with Gasteiger partial charge in [0.25, 0.3) is 0 Å². The van der Waals surface area contributed by atoms with E-state index in [9.17, 15) is 5.11 Å². The lowest BCUT2D eigenvalue weighted by molar-refractivity contribution is 0.0809. The first-order valence-corrected chi connectivity index (χ1v) is 5.57. The van der Waals surface area contributed by atoms with Crippen molar-refractivity contribution in [3.63, 3.8) is 0 Å². The maximum absolute atomic E-state index is 10.0. The van der Waals surface area contributed by atoms with Crippen molar-refractivity contribution in [1.82, 2.24) is 0 Å². The molecule has 1 rings (SSSR count). The number of hydrogen-bond donors (Lipinski definition) is 1. The fraction of sp³-hybridized carbons (Fsp3) is 0.846. The van der Waals surface area contributed by atoms with E-state index in [1.165, 1.54) is 6.42 Å². The molecule has 0 spiro atoms. The summed E-state index contributed by atoms with van der Waals surface area (Å²) in [6, 6.07) is 0. The van der Waals surface area contributed by atoms with E-state index < -0.39 is 5.60 Å². The second kappa shape index (κ2) is 3.95. The summed E-state index contributed by atoms with van der Waals surface area (Å²) in [4.78, 5) is 0. The Balaban J connectivity index is 2.63. The minimum atomic E-state index is -0.819. The monoisotopic (exact) mass is 194 g/mol. The molecule has 0 aromatic rings. The molecule has 0 aromatic carbocycles. The van der Waals surface area contributed by atoms with Gasteiger partial charge in [-0.2, -0.15) is 0 Å². The highest BCUT2D eigenvalue weighted by atomic mass is 16.3. The maximum atomic E-state index is 10.0. The molecule has 1 N–H and O–H groups in total. The molecular formula is C13H22O. The summed E-state index contributed by atoms with van der Waals surface area (Å²) in [5.74, 6) is 3.25. The Bertz CT molecular complexity index is 231. The molecule has 1 saturated carbocycles. The fourth-order valence-corrected chi connectivity index (χ4v) is 2.33. The van der Waals surface area contributed by atoms with Gasteiger partial charge in [0.1, 0.15) is 5.60 Å². The number of hydrogen-bond acceptors (Lipinski definition) is 1.